The van der Waals surface area contributed by atoms with Crippen molar-refractivity contribution in [2.24, 2.45) is 5.92 Å². The number of rotatable bonds is 6. The first-order chi connectivity index (χ1) is 24.9. The average Bonchev–Trinajstić information content (AvgIpc) is 3.89. The molecule has 27 heteroatoms. The van der Waals surface area contributed by atoms with E-state index >= 15 is 0 Å². The first kappa shape index (κ1) is 52.5. The second-order valence-electron chi connectivity index (χ2n) is 9.72. The molecule has 0 amide bonds. The van der Waals surface area contributed by atoms with E-state index < -0.39 is 52.9 Å². The van der Waals surface area contributed by atoms with E-state index in [2.05, 4.69) is 33.4 Å². The van der Waals surface area contributed by atoms with Gasteiger partial charge in [-0.25, -0.2) is 28.8 Å². The first-order valence-electron chi connectivity index (χ1n) is 14.8. The third-order valence-electron chi connectivity index (χ3n) is 5.95. The van der Waals surface area contributed by atoms with Gasteiger partial charge in [-0.2, -0.15) is 5.75 Å². The molecule has 1 aromatic heterocycles. The number of hydrogen-bond acceptors (Lipinski definition) is 19. The first-order valence-corrected chi connectivity index (χ1v) is 17.4. The molecule has 54 heavy (non-hydrogen) atoms. The average molecular weight is 952 g/mol. The number of methoxy groups -OCH3 is 1. The van der Waals surface area contributed by atoms with Gasteiger partial charge in [0.25, 0.3) is 0 Å². The van der Waals surface area contributed by atoms with Gasteiger partial charge in [0.1, 0.15) is 18.8 Å². The van der Waals surface area contributed by atoms with E-state index in [0.29, 0.717) is 32.8 Å². The number of sulfone groups is 1. The number of nitrogens with zero attached hydrogens (tertiary/aromatic N) is 1. The van der Waals surface area contributed by atoms with Gasteiger partial charge >= 0.3 is 36.9 Å². The van der Waals surface area contributed by atoms with Crippen LogP contribution in [0.4, 0.5) is 28.8 Å². The van der Waals surface area contributed by atoms with Crippen LogP contribution in [0, 0.1) is 53.0 Å². The van der Waals surface area contributed by atoms with Crippen LogP contribution < -0.4 is 0 Å². The molecule has 5 heterocycles. The standard InChI is InChI=1S/C7H10O5.C5H5NO3S.C5H7O5S.C5H8O4.C3H6O3.C2H4O3.Pr/c8-7(9)12-5-3-11-6-4(5)1-2-10-6;7-5(8)9-2-4-1-6-3-10-4;6-5(7)10-4-1-2-11(8,9)3-4;6-5(7)9-4-1-2-8-3-4;1-2-6-3(4)5;1-5-2(3)4;/h4-6H,1-3H2,(H,8,9);1,3H,2H2,(H,7,8);3-4H,1-2H2,(H,6,7);4H,1-3H2,(H,6,7);2H2,1H3,(H,4,5);1H3,(H,3,4);/q;;-1;;;;. The van der Waals surface area contributed by atoms with Crippen molar-refractivity contribution in [2.45, 2.75) is 57.4 Å². The van der Waals surface area contributed by atoms with Gasteiger partial charge in [0.2, 0.25) is 0 Å². The zero-order valence-electron chi connectivity index (χ0n) is 28.7. The van der Waals surface area contributed by atoms with Gasteiger partial charge in [-0.15, -0.1) is 11.3 Å². The molecule has 0 aromatic carbocycles. The Morgan fingerprint density at radius 3 is 1.85 bits per heavy atom. The van der Waals surface area contributed by atoms with E-state index in [4.69, 9.17) is 49.6 Å². The number of fused-ring (bicyclic) bond motifs is 1. The van der Waals surface area contributed by atoms with Gasteiger partial charge in [0.05, 0.1) is 56.4 Å². The number of carboxylic acid groups (broad SMARTS) is 6. The number of aromatic nitrogens is 1. The number of thiazole rings is 1. The fourth-order valence-electron chi connectivity index (χ4n) is 3.86. The second kappa shape index (κ2) is 29.8. The summed E-state index contributed by atoms with van der Waals surface area (Å²) in [5, 5.41) is 47.8. The zero-order valence-corrected chi connectivity index (χ0v) is 34.0. The molecule has 5 atom stereocenters. The quantitative estimate of drug-likeness (QED) is 0.135. The van der Waals surface area contributed by atoms with Crippen molar-refractivity contribution in [1.82, 2.24) is 4.98 Å². The van der Waals surface area contributed by atoms with E-state index in [0.717, 1.165) is 24.2 Å². The Hall–Kier alpha value is -3.56. The third kappa shape index (κ3) is 28.0. The fourth-order valence-corrected chi connectivity index (χ4v) is 5.72. The monoisotopic (exact) mass is 951 g/mol. The van der Waals surface area contributed by atoms with Gasteiger partial charge in [-0.05, 0) is 25.9 Å². The molecule has 0 aliphatic carbocycles. The SMILES string of the molecule is CCOC(=O)O.COC(=O)O.O=C(O)OC1CCOC1.O=C(O)OC1COC2OCCC12.O=C(O)OC1[CH-]S(=O)(=O)CC1.O=C(O)OCc1cncs1.[Pr]. The van der Waals surface area contributed by atoms with Crippen LogP contribution in [0.5, 0.6) is 0 Å². The summed E-state index contributed by atoms with van der Waals surface area (Å²) in [6.07, 6.45) is -5.89. The van der Waals surface area contributed by atoms with Crippen molar-refractivity contribution >= 4 is 58.1 Å². The van der Waals surface area contributed by atoms with E-state index in [9.17, 15) is 32.4 Å². The van der Waals surface area contributed by atoms with Crippen LogP contribution in [-0.2, 0) is 59.1 Å². The molecule has 0 saturated carbocycles. The molecule has 4 fully saturated rings. The Kier molecular flexibility index (Phi) is 29.0. The topological polar surface area (TPSA) is 354 Å². The molecule has 0 bridgehead atoms. The molecule has 307 valence electrons. The Bertz CT molecular complexity index is 1360. The summed E-state index contributed by atoms with van der Waals surface area (Å²) in [5.41, 5.74) is 1.63. The molecule has 4 aliphatic rings. The summed E-state index contributed by atoms with van der Waals surface area (Å²) >= 11 is 1.37. The van der Waals surface area contributed by atoms with Crippen molar-refractivity contribution in [2.75, 3.05) is 45.9 Å². The Morgan fingerprint density at radius 2 is 1.44 bits per heavy atom. The minimum absolute atomic E-state index is 0. The molecule has 5 unspecified atom stereocenters. The molecule has 4 aliphatic heterocycles. The molecule has 1 radical (unpaired) electrons. The van der Waals surface area contributed by atoms with Crippen molar-refractivity contribution in [3.8, 4) is 0 Å². The maximum absolute atomic E-state index is 10.7. The Labute approximate surface area is 344 Å². The minimum Gasteiger partial charge on any atom is -0.463 e. The van der Waals surface area contributed by atoms with E-state index in [1.165, 1.54) is 11.3 Å². The summed E-state index contributed by atoms with van der Waals surface area (Å²) in [6, 6.07) is 0. The van der Waals surface area contributed by atoms with Gasteiger partial charge in [-0.3, -0.25) is 13.4 Å². The molecule has 4 saturated heterocycles. The minimum atomic E-state index is -3.15. The second-order valence-corrected chi connectivity index (χ2v) is 12.7. The number of ether oxygens (including phenoxy) is 9. The molecule has 5 rings (SSSR count). The van der Waals surface area contributed by atoms with Crippen LogP contribution >= 0.6 is 11.3 Å². The molecular weight excluding hydrogens is 911 g/mol. The third-order valence-corrected chi connectivity index (χ3v) is 8.23. The smallest absolute Gasteiger partial charge is 0.463 e. The van der Waals surface area contributed by atoms with Crippen LogP contribution in [-0.4, -0.2) is 151 Å². The largest absolute Gasteiger partial charge is 0.506 e. The summed E-state index contributed by atoms with van der Waals surface area (Å²) in [5.74, 6) is 1.01. The van der Waals surface area contributed by atoms with Crippen LogP contribution in [0.2, 0.25) is 0 Å². The molecule has 24 nitrogen and oxygen atoms in total. The Balaban J connectivity index is 0. The van der Waals surface area contributed by atoms with Crippen molar-refractivity contribution < 1.29 is 152 Å². The van der Waals surface area contributed by atoms with Crippen molar-refractivity contribution in [3.63, 3.8) is 0 Å². The van der Waals surface area contributed by atoms with Gasteiger partial charge in [0, 0.05) is 69.5 Å². The van der Waals surface area contributed by atoms with Crippen LogP contribution in [0.3, 0.4) is 0 Å². The van der Waals surface area contributed by atoms with Crippen molar-refractivity contribution in [3.05, 3.63) is 22.3 Å². The summed E-state index contributed by atoms with van der Waals surface area (Å²) in [4.78, 5) is 63.0. The Morgan fingerprint density at radius 1 is 0.833 bits per heavy atom. The van der Waals surface area contributed by atoms with E-state index in [1.54, 1.807) is 18.6 Å². The maximum Gasteiger partial charge on any atom is 0.506 e. The summed E-state index contributed by atoms with van der Waals surface area (Å²) in [7, 11) is -2.05. The molecule has 6 N–H and O–H groups in total. The van der Waals surface area contributed by atoms with Gasteiger partial charge < -0.3 is 73.3 Å². The van der Waals surface area contributed by atoms with E-state index in [1.807, 2.05) is 0 Å². The van der Waals surface area contributed by atoms with Crippen LogP contribution in [0.15, 0.2) is 11.7 Å². The zero-order chi connectivity index (χ0) is 40.4. The molecule has 0 spiro atoms. The predicted molar refractivity (Wildman–Crippen MR) is 170 cm³/mol. The van der Waals surface area contributed by atoms with Crippen LogP contribution in [0.25, 0.3) is 0 Å². The van der Waals surface area contributed by atoms with Gasteiger partial charge in [-0.1, -0.05) is 0 Å². The number of hydrogen-bond donors (Lipinski definition) is 6. The normalized spacial score (nSPS) is 22.0. The van der Waals surface area contributed by atoms with Crippen LogP contribution in [0.1, 0.15) is 31.1 Å². The van der Waals surface area contributed by atoms with Crippen molar-refractivity contribution in [1.29, 1.82) is 0 Å². The molecular formula is C27H40NO23PrS2-. The number of carbonyl (C=O) groups is 6. The van der Waals surface area contributed by atoms with Gasteiger partial charge in [0.15, 0.2) is 6.29 Å². The van der Waals surface area contributed by atoms with E-state index in [-0.39, 0.29) is 91.1 Å². The fraction of sp³-hybridized carbons (Fsp3) is 0.630. The maximum atomic E-state index is 10.7. The molecule has 1 aromatic rings. The predicted octanol–water partition coefficient (Wildman–Crippen LogP) is 3.29. The summed E-state index contributed by atoms with van der Waals surface area (Å²) < 4.78 is 61.8. The summed E-state index contributed by atoms with van der Waals surface area (Å²) in [6.45, 7) is 3.92.